The Kier molecular flexibility index (Phi) is 4.28. The van der Waals surface area contributed by atoms with Gasteiger partial charge >= 0.3 is 0 Å². The maximum atomic E-state index is 10.7. The van der Waals surface area contributed by atoms with Gasteiger partial charge in [-0.15, -0.1) is 0 Å². The zero-order chi connectivity index (χ0) is 11.4. The van der Waals surface area contributed by atoms with Crippen LogP contribution in [0.15, 0.2) is 28.4 Å². The number of hydrogen-bond acceptors (Lipinski definition) is 2. The normalized spacial score (nSPS) is 14.0. The largest absolute Gasteiger partial charge is 0.366 e. The van der Waals surface area contributed by atoms with Crippen LogP contribution in [-0.4, -0.2) is 12.6 Å². The number of amides is 1. The summed E-state index contributed by atoms with van der Waals surface area (Å²) in [7, 11) is 0. The third-order valence-electron chi connectivity index (χ3n) is 1.82. The Balaban J connectivity index is 4.90. The van der Waals surface area contributed by atoms with E-state index in [-0.39, 0.29) is 5.41 Å². The Hall–Kier alpha value is -1.38. The monoisotopic (exact) mass is 194 g/mol. The summed E-state index contributed by atoms with van der Waals surface area (Å²) >= 11 is 0. The van der Waals surface area contributed by atoms with Crippen molar-refractivity contribution in [3.63, 3.8) is 0 Å². The molecule has 0 aliphatic carbocycles. The van der Waals surface area contributed by atoms with E-state index in [4.69, 9.17) is 5.73 Å². The van der Waals surface area contributed by atoms with E-state index in [9.17, 15) is 4.79 Å². The first-order valence-corrected chi connectivity index (χ1v) is 4.44. The first kappa shape index (κ1) is 12.6. The van der Waals surface area contributed by atoms with Gasteiger partial charge in [-0.2, -0.15) is 0 Å². The third kappa shape index (κ3) is 4.03. The fourth-order valence-corrected chi connectivity index (χ4v) is 0.826. The molecule has 1 amide bonds. The number of carbonyl (C=O) groups excluding carboxylic acids is 1. The Morgan fingerprint density at radius 2 is 1.86 bits per heavy atom. The van der Waals surface area contributed by atoms with Gasteiger partial charge in [-0.25, -0.2) is 0 Å². The smallest absolute Gasteiger partial charge is 0.244 e. The van der Waals surface area contributed by atoms with Crippen LogP contribution in [0.2, 0.25) is 0 Å². The Bertz CT molecular complexity index is 293. The van der Waals surface area contributed by atoms with Gasteiger partial charge < -0.3 is 5.73 Å². The summed E-state index contributed by atoms with van der Waals surface area (Å²) in [6.07, 6.45) is 3.44. The molecule has 0 aromatic heterocycles. The standard InChI is InChI=1S/C11H18N2O/c1-8(10(12)14)6-7-9(13-5)11(2,3)4/h6-7H,5H2,1-4H3,(H2,12,14)/b8-6+,9-7-. The third-order valence-corrected chi connectivity index (χ3v) is 1.82. The van der Waals surface area contributed by atoms with Crippen molar-refractivity contribution in [1.82, 2.24) is 0 Å². The molecule has 3 heteroatoms. The van der Waals surface area contributed by atoms with E-state index in [0.29, 0.717) is 5.57 Å². The SMILES string of the molecule is C=N/C(=C\C=C(/C)C(N)=O)C(C)(C)C. The molecule has 0 radical (unpaired) electrons. The van der Waals surface area contributed by atoms with Crippen molar-refractivity contribution >= 4 is 12.6 Å². The second-order valence-electron chi connectivity index (χ2n) is 4.17. The van der Waals surface area contributed by atoms with Crippen molar-refractivity contribution in [3.05, 3.63) is 23.4 Å². The molecule has 0 aromatic rings. The second-order valence-corrected chi connectivity index (χ2v) is 4.17. The summed E-state index contributed by atoms with van der Waals surface area (Å²) in [4.78, 5) is 14.6. The summed E-state index contributed by atoms with van der Waals surface area (Å²) < 4.78 is 0. The summed E-state index contributed by atoms with van der Waals surface area (Å²) in [6.45, 7) is 11.2. The number of allylic oxidation sites excluding steroid dienone is 3. The molecule has 0 aliphatic rings. The Morgan fingerprint density at radius 1 is 1.36 bits per heavy atom. The maximum absolute atomic E-state index is 10.7. The van der Waals surface area contributed by atoms with Crippen LogP contribution in [0, 0.1) is 5.41 Å². The topological polar surface area (TPSA) is 55.4 Å². The van der Waals surface area contributed by atoms with Crippen LogP contribution in [0.3, 0.4) is 0 Å². The number of carbonyl (C=O) groups is 1. The van der Waals surface area contributed by atoms with Gasteiger partial charge in [0.1, 0.15) is 0 Å². The van der Waals surface area contributed by atoms with Crippen molar-refractivity contribution in [3.8, 4) is 0 Å². The van der Waals surface area contributed by atoms with Crippen molar-refractivity contribution in [2.45, 2.75) is 27.7 Å². The van der Waals surface area contributed by atoms with Gasteiger partial charge in [-0.3, -0.25) is 9.79 Å². The maximum Gasteiger partial charge on any atom is 0.244 e. The van der Waals surface area contributed by atoms with E-state index < -0.39 is 5.91 Å². The highest BCUT2D eigenvalue weighted by Crippen LogP contribution is 2.25. The highest BCUT2D eigenvalue weighted by Gasteiger charge is 2.14. The molecule has 0 aromatic carbocycles. The van der Waals surface area contributed by atoms with Crippen molar-refractivity contribution in [2.75, 3.05) is 0 Å². The molecule has 0 spiro atoms. The van der Waals surface area contributed by atoms with E-state index in [2.05, 4.69) is 11.7 Å². The van der Waals surface area contributed by atoms with Gasteiger partial charge in [0.25, 0.3) is 0 Å². The van der Waals surface area contributed by atoms with Crippen LogP contribution in [0.1, 0.15) is 27.7 Å². The minimum Gasteiger partial charge on any atom is -0.366 e. The summed E-state index contributed by atoms with van der Waals surface area (Å²) in [5.74, 6) is -0.418. The minimum atomic E-state index is -0.418. The van der Waals surface area contributed by atoms with E-state index in [1.54, 1.807) is 19.1 Å². The summed E-state index contributed by atoms with van der Waals surface area (Å²) in [5.41, 5.74) is 6.36. The second kappa shape index (κ2) is 4.74. The lowest BCUT2D eigenvalue weighted by atomic mass is 9.92. The van der Waals surface area contributed by atoms with E-state index in [1.807, 2.05) is 20.8 Å². The number of primary amides is 1. The summed E-state index contributed by atoms with van der Waals surface area (Å²) in [5, 5.41) is 0. The quantitative estimate of drug-likeness (QED) is 0.417. The zero-order valence-electron chi connectivity index (χ0n) is 9.29. The van der Waals surface area contributed by atoms with Crippen LogP contribution >= 0.6 is 0 Å². The predicted molar refractivity (Wildman–Crippen MR) is 60.0 cm³/mol. The van der Waals surface area contributed by atoms with Crippen molar-refractivity contribution in [2.24, 2.45) is 16.1 Å². The molecule has 78 valence electrons. The lowest BCUT2D eigenvalue weighted by molar-refractivity contribution is -0.114. The number of nitrogens with zero attached hydrogens (tertiary/aromatic N) is 1. The number of aliphatic imine (C=N–C) groups is 1. The van der Waals surface area contributed by atoms with Gasteiger partial charge in [0.05, 0.1) is 0 Å². The molecule has 2 N–H and O–H groups in total. The van der Waals surface area contributed by atoms with E-state index in [1.165, 1.54) is 0 Å². The van der Waals surface area contributed by atoms with Crippen LogP contribution in [0.5, 0.6) is 0 Å². The Morgan fingerprint density at radius 3 is 2.14 bits per heavy atom. The van der Waals surface area contributed by atoms with Crippen LogP contribution in [0.4, 0.5) is 0 Å². The molecule has 3 nitrogen and oxygen atoms in total. The lowest BCUT2D eigenvalue weighted by Gasteiger charge is -2.18. The highest BCUT2D eigenvalue weighted by atomic mass is 16.1. The number of rotatable bonds is 3. The molecule has 14 heavy (non-hydrogen) atoms. The van der Waals surface area contributed by atoms with Gasteiger partial charge in [0.15, 0.2) is 0 Å². The molecular formula is C11H18N2O. The molecule has 0 unspecified atom stereocenters. The van der Waals surface area contributed by atoms with E-state index >= 15 is 0 Å². The molecule has 0 aliphatic heterocycles. The summed E-state index contributed by atoms with van der Waals surface area (Å²) in [6, 6.07) is 0. The Labute approximate surface area is 85.4 Å². The van der Waals surface area contributed by atoms with Gasteiger partial charge in [0.2, 0.25) is 5.91 Å². The van der Waals surface area contributed by atoms with Crippen molar-refractivity contribution in [1.29, 1.82) is 0 Å². The zero-order valence-corrected chi connectivity index (χ0v) is 9.29. The highest BCUT2D eigenvalue weighted by molar-refractivity contribution is 5.91. The molecule has 0 saturated carbocycles. The first-order chi connectivity index (χ1) is 6.29. The van der Waals surface area contributed by atoms with E-state index in [0.717, 1.165) is 5.70 Å². The van der Waals surface area contributed by atoms with Crippen LogP contribution in [-0.2, 0) is 4.79 Å². The number of nitrogens with two attached hydrogens (primary N) is 1. The first-order valence-electron chi connectivity index (χ1n) is 4.44. The fourth-order valence-electron chi connectivity index (χ4n) is 0.826. The predicted octanol–water partition coefficient (Wildman–Crippen LogP) is 2.05. The van der Waals surface area contributed by atoms with Crippen LogP contribution in [0.25, 0.3) is 0 Å². The molecule has 0 heterocycles. The molecule has 0 rings (SSSR count). The van der Waals surface area contributed by atoms with Crippen LogP contribution < -0.4 is 5.73 Å². The lowest BCUT2D eigenvalue weighted by Crippen LogP contribution is -2.11. The molecule has 0 fully saturated rings. The average Bonchev–Trinajstić information content (AvgIpc) is 2.02. The fraction of sp³-hybridized carbons (Fsp3) is 0.455. The molecular weight excluding hydrogens is 176 g/mol. The average molecular weight is 194 g/mol. The minimum absolute atomic E-state index is 0.0732. The number of hydrogen-bond donors (Lipinski definition) is 1. The van der Waals surface area contributed by atoms with Gasteiger partial charge in [0, 0.05) is 16.7 Å². The van der Waals surface area contributed by atoms with Gasteiger partial charge in [-0.1, -0.05) is 26.8 Å². The molecule has 0 saturated heterocycles. The van der Waals surface area contributed by atoms with Crippen molar-refractivity contribution < 1.29 is 4.79 Å². The molecule has 0 atom stereocenters. The van der Waals surface area contributed by atoms with Gasteiger partial charge in [-0.05, 0) is 19.7 Å². The molecule has 0 bridgehead atoms.